The quantitative estimate of drug-likeness (QED) is 0.767. The maximum Gasteiger partial charge on any atom is 0.227 e. The Morgan fingerprint density at radius 1 is 1.50 bits per heavy atom. The van der Waals surface area contributed by atoms with Crippen LogP contribution in [-0.2, 0) is 13.2 Å². The molecule has 2 heterocycles. The number of aliphatic hydroxyl groups is 1. The molecule has 2 rings (SSSR count). The summed E-state index contributed by atoms with van der Waals surface area (Å²) in [5.74, 6) is 0.392. The van der Waals surface area contributed by atoms with Crippen molar-refractivity contribution in [1.82, 2.24) is 9.55 Å². The van der Waals surface area contributed by atoms with Gasteiger partial charge in [-0.2, -0.15) is 0 Å². The van der Waals surface area contributed by atoms with E-state index >= 15 is 0 Å². The summed E-state index contributed by atoms with van der Waals surface area (Å²) in [6.07, 6.45) is 7.29. The molecule has 2 aromatic rings. The van der Waals surface area contributed by atoms with E-state index in [1.807, 2.05) is 10.8 Å². The summed E-state index contributed by atoms with van der Waals surface area (Å²) in [4.78, 5) is 15.4. The molecule has 96 valence electrons. The van der Waals surface area contributed by atoms with Crippen LogP contribution in [0.4, 0.5) is 0 Å². The third-order valence-corrected chi connectivity index (χ3v) is 2.39. The lowest BCUT2D eigenvalue weighted by atomic mass is 10.4. The van der Waals surface area contributed by atoms with Gasteiger partial charge in [-0.25, -0.2) is 4.98 Å². The smallest absolute Gasteiger partial charge is 0.227 e. The van der Waals surface area contributed by atoms with Gasteiger partial charge in [0.2, 0.25) is 11.2 Å². The van der Waals surface area contributed by atoms with E-state index in [-0.39, 0.29) is 23.5 Å². The molecule has 6 heteroatoms. The van der Waals surface area contributed by atoms with Crippen LogP contribution < -0.4 is 10.2 Å². The van der Waals surface area contributed by atoms with Crippen molar-refractivity contribution in [3.8, 4) is 5.75 Å². The van der Waals surface area contributed by atoms with Gasteiger partial charge in [0, 0.05) is 25.0 Å². The van der Waals surface area contributed by atoms with Crippen molar-refractivity contribution in [3.63, 3.8) is 0 Å². The molecule has 6 nitrogen and oxygen atoms in total. The Labute approximate surface area is 103 Å². The van der Waals surface area contributed by atoms with Crippen LogP contribution in [0, 0.1) is 0 Å². The first kappa shape index (κ1) is 12.4. The first-order valence-electron chi connectivity index (χ1n) is 5.60. The standard InChI is InChI=1S/C12H14N2O4/c15-7-10-6-11(16)12(8-18-10)17-5-1-3-14-4-2-13-9-14/h2,4,6,8-9,15H,1,3,5,7H2. The lowest BCUT2D eigenvalue weighted by molar-refractivity contribution is 0.236. The second-order valence-corrected chi connectivity index (χ2v) is 3.74. The van der Waals surface area contributed by atoms with Crippen molar-refractivity contribution in [2.45, 2.75) is 19.6 Å². The molecule has 0 atom stereocenters. The highest BCUT2D eigenvalue weighted by molar-refractivity contribution is 5.17. The van der Waals surface area contributed by atoms with Crippen LogP contribution in [0.1, 0.15) is 12.2 Å². The fourth-order valence-electron chi connectivity index (χ4n) is 1.47. The highest BCUT2D eigenvalue weighted by atomic mass is 16.5. The minimum Gasteiger partial charge on any atom is -0.487 e. The van der Waals surface area contributed by atoms with Crippen molar-refractivity contribution in [1.29, 1.82) is 0 Å². The molecule has 2 aromatic heterocycles. The van der Waals surface area contributed by atoms with Gasteiger partial charge in [-0.3, -0.25) is 4.79 Å². The van der Waals surface area contributed by atoms with E-state index in [1.54, 1.807) is 12.5 Å². The lowest BCUT2D eigenvalue weighted by Gasteiger charge is -2.05. The summed E-state index contributed by atoms with van der Waals surface area (Å²) < 4.78 is 12.2. The van der Waals surface area contributed by atoms with Gasteiger partial charge in [-0.1, -0.05) is 0 Å². The van der Waals surface area contributed by atoms with E-state index in [0.717, 1.165) is 13.0 Å². The van der Waals surface area contributed by atoms with E-state index in [9.17, 15) is 4.79 Å². The number of aliphatic hydroxyl groups excluding tert-OH is 1. The Balaban J connectivity index is 1.81. The van der Waals surface area contributed by atoms with Crippen molar-refractivity contribution < 1.29 is 14.3 Å². The first-order valence-corrected chi connectivity index (χ1v) is 5.60. The van der Waals surface area contributed by atoms with Gasteiger partial charge in [0.15, 0.2) is 0 Å². The van der Waals surface area contributed by atoms with Crippen molar-refractivity contribution in [3.05, 3.63) is 47.0 Å². The average Bonchev–Trinajstić information content (AvgIpc) is 2.89. The molecule has 0 spiro atoms. The fourth-order valence-corrected chi connectivity index (χ4v) is 1.47. The fraction of sp³-hybridized carbons (Fsp3) is 0.333. The number of aromatic nitrogens is 2. The number of hydrogen-bond acceptors (Lipinski definition) is 5. The monoisotopic (exact) mass is 250 g/mol. The zero-order valence-corrected chi connectivity index (χ0v) is 9.78. The molecular weight excluding hydrogens is 236 g/mol. The number of imidazole rings is 1. The zero-order valence-electron chi connectivity index (χ0n) is 9.78. The van der Waals surface area contributed by atoms with E-state index in [1.165, 1.54) is 12.3 Å². The predicted molar refractivity (Wildman–Crippen MR) is 63.2 cm³/mol. The molecule has 0 aromatic carbocycles. The topological polar surface area (TPSA) is 77.5 Å². The van der Waals surface area contributed by atoms with Gasteiger partial charge in [-0.05, 0) is 6.42 Å². The number of aryl methyl sites for hydroxylation is 1. The van der Waals surface area contributed by atoms with Crippen LogP contribution in [0.15, 0.2) is 40.3 Å². The molecule has 1 N–H and O–H groups in total. The summed E-state index contributed by atoms with van der Waals surface area (Å²) in [5, 5.41) is 8.79. The Bertz CT molecular complexity index is 533. The second kappa shape index (κ2) is 6.02. The number of rotatable bonds is 6. The molecule has 0 aliphatic carbocycles. The Kier molecular flexibility index (Phi) is 4.14. The molecule has 18 heavy (non-hydrogen) atoms. The summed E-state index contributed by atoms with van der Waals surface area (Å²) in [7, 11) is 0. The lowest BCUT2D eigenvalue weighted by Crippen LogP contribution is -2.10. The summed E-state index contributed by atoms with van der Waals surface area (Å²) in [6, 6.07) is 1.23. The maximum atomic E-state index is 11.5. The Hall–Kier alpha value is -2.08. The SMILES string of the molecule is O=c1cc(CO)occ1OCCCn1ccnc1. The summed E-state index contributed by atoms with van der Waals surface area (Å²) in [6.45, 7) is 0.900. The first-order chi connectivity index (χ1) is 8.79. The average molecular weight is 250 g/mol. The zero-order chi connectivity index (χ0) is 12.8. The molecule has 0 radical (unpaired) electrons. The molecule has 0 fully saturated rings. The van der Waals surface area contributed by atoms with E-state index in [0.29, 0.717) is 6.61 Å². The molecule has 0 aliphatic rings. The van der Waals surface area contributed by atoms with Crippen LogP contribution in [0.3, 0.4) is 0 Å². The van der Waals surface area contributed by atoms with Crippen LogP contribution in [0.25, 0.3) is 0 Å². The van der Waals surface area contributed by atoms with Gasteiger partial charge in [-0.15, -0.1) is 0 Å². The van der Waals surface area contributed by atoms with E-state index in [2.05, 4.69) is 4.98 Å². The Morgan fingerprint density at radius 3 is 3.06 bits per heavy atom. The second-order valence-electron chi connectivity index (χ2n) is 3.74. The molecule has 0 aliphatic heterocycles. The van der Waals surface area contributed by atoms with Crippen LogP contribution in [0.2, 0.25) is 0 Å². The minimum absolute atomic E-state index is 0.165. The molecule has 0 saturated carbocycles. The largest absolute Gasteiger partial charge is 0.487 e. The van der Waals surface area contributed by atoms with Gasteiger partial charge in [0.05, 0.1) is 12.9 Å². The minimum atomic E-state index is -0.295. The maximum absolute atomic E-state index is 11.5. The number of ether oxygens (including phenoxy) is 1. The van der Waals surface area contributed by atoms with Crippen molar-refractivity contribution in [2.24, 2.45) is 0 Å². The van der Waals surface area contributed by atoms with E-state index < -0.39 is 0 Å². The summed E-state index contributed by atoms with van der Waals surface area (Å²) >= 11 is 0. The molecule has 0 unspecified atom stereocenters. The van der Waals surface area contributed by atoms with Crippen LogP contribution >= 0.6 is 0 Å². The van der Waals surface area contributed by atoms with E-state index in [4.69, 9.17) is 14.3 Å². The van der Waals surface area contributed by atoms with Gasteiger partial charge >= 0.3 is 0 Å². The number of nitrogens with zero attached hydrogens (tertiary/aromatic N) is 2. The predicted octanol–water partition coefficient (Wildman–Crippen LogP) is 0.798. The molecule has 0 bridgehead atoms. The van der Waals surface area contributed by atoms with Crippen LogP contribution in [0.5, 0.6) is 5.75 Å². The highest BCUT2D eigenvalue weighted by Gasteiger charge is 2.03. The van der Waals surface area contributed by atoms with Gasteiger partial charge in [0.25, 0.3) is 0 Å². The third-order valence-electron chi connectivity index (χ3n) is 2.39. The third kappa shape index (κ3) is 3.21. The number of hydrogen-bond donors (Lipinski definition) is 1. The molecular formula is C12H14N2O4. The normalized spacial score (nSPS) is 10.5. The van der Waals surface area contributed by atoms with Crippen molar-refractivity contribution >= 4 is 0 Å². The van der Waals surface area contributed by atoms with Crippen LogP contribution in [-0.4, -0.2) is 21.3 Å². The molecule has 0 amide bonds. The molecule has 0 saturated heterocycles. The van der Waals surface area contributed by atoms with Gasteiger partial charge in [0.1, 0.15) is 18.6 Å². The highest BCUT2D eigenvalue weighted by Crippen LogP contribution is 2.06. The summed E-state index contributed by atoms with van der Waals surface area (Å²) in [5.41, 5.74) is -0.284. The van der Waals surface area contributed by atoms with Crippen molar-refractivity contribution in [2.75, 3.05) is 6.61 Å². The van der Waals surface area contributed by atoms with Gasteiger partial charge < -0.3 is 18.8 Å². The Morgan fingerprint density at radius 2 is 2.39 bits per heavy atom.